The van der Waals surface area contributed by atoms with Crippen molar-refractivity contribution in [3.8, 4) is 0 Å². The van der Waals surface area contributed by atoms with Gasteiger partial charge in [0.25, 0.3) is 0 Å². The molecular formula is C14H13N2O3+. The molecule has 0 radical (unpaired) electrons. The first kappa shape index (κ1) is 12.8. The van der Waals surface area contributed by atoms with Crippen molar-refractivity contribution in [1.82, 2.24) is 0 Å². The molecule has 0 aliphatic heterocycles. The molecule has 0 aliphatic rings. The third-order valence-electron chi connectivity index (χ3n) is 2.49. The van der Waals surface area contributed by atoms with Gasteiger partial charge in [-0.2, -0.15) is 0 Å². The molecule has 5 nitrogen and oxygen atoms in total. The van der Waals surface area contributed by atoms with Crippen LogP contribution in [0.2, 0.25) is 0 Å². The van der Waals surface area contributed by atoms with E-state index in [9.17, 15) is 9.59 Å². The molecule has 1 amide bonds. The molecule has 2 rings (SSSR count). The number of ether oxygens (including phenoxy) is 1. The maximum Gasteiger partial charge on any atom is 0.344 e. The summed E-state index contributed by atoms with van der Waals surface area (Å²) in [4.78, 5) is 23.3. The Kier molecular flexibility index (Phi) is 3.87. The second kappa shape index (κ2) is 5.77. The van der Waals surface area contributed by atoms with Crippen LogP contribution in [0.1, 0.15) is 20.7 Å². The molecule has 0 saturated carbocycles. The highest BCUT2D eigenvalue weighted by atomic mass is 16.5. The number of nitrogens with zero attached hydrogens (tertiary/aromatic N) is 1. The molecule has 0 saturated heterocycles. The van der Waals surface area contributed by atoms with Crippen molar-refractivity contribution in [2.45, 2.75) is 0 Å². The highest BCUT2D eigenvalue weighted by molar-refractivity contribution is 5.98. The van der Waals surface area contributed by atoms with Crippen LogP contribution in [-0.2, 0) is 4.74 Å². The van der Waals surface area contributed by atoms with E-state index in [1.54, 1.807) is 42.6 Å². The van der Waals surface area contributed by atoms with Gasteiger partial charge in [0.1, 0.15) is 5.56 Å². The minimum atomic E-state index is -0.455. The molecular weight excluding hydrogens is 244 g/mol. The van der Waals surface area contributed by atoms with Crippen molar-refractivity contribution >= 4 is 11.9 Å². The van der Waals surface area contributed by atoms with E-state index in [4.69, 9.17) is 0 Å². The Hall–Kier alpha value is -2.69. The highest BCUT2D eigenvalue weighted by Gasteiger charge is 2.14. The zero-order chi connectivity index (χ0) is 13.7. The maximum absolute atomic E-state index is 11.9. The van der Waals surface area contributed by atoms with Gasteiger partial charge in [0.2, 0.25) is 6.20 Å². The Labute approximate surface area is 110 Å². The molecule has 19 heavy (non-hydrogen) atoms. The molecule has 1 aromatic heterocycles. The van der Waals surface area contributed by atoms with Gasteiger partial charge in [-0.3, -0.25) is 4.79 Å². The summed E-state index contributed by atoms with van der Waals surface area (Å²) in [7, 11) is 1.31. The predicted molar refractivity (Wildman–Crippen MR) is 68.1 cm³/mol. The lowest BCUT2D eigenvalue weighted by Gasteiger charge is -2.01. The number of carbonyl (C=O) groups is 2. The highest BCUT2D eigenvalue weighted by Crippen LogP contribution is 1.99. The van der Waals surface area contributed by atoms with Gasteiger partial charge in [-0.1, -0.05) is 22.9 Å². The van der Waals surface area contributed by atoms with Gasteiger partial charge in [-0.05, 0) is 18.2 Å². The van der Waals surface area contributed by atoms with Crippen LogP contribution in [0.3, 0.4) is 0 Å². The lowest BCUT2D eigenvalue weighted by Crippen LogP contribution is -2.48. The maximum atomic E-state index is 11.9. The molecule has 0 atom stereocenters. The predicted octanol–water partition coefficient (Wildman–Crippen LogP) is 1.14. The summed E-state index contributed by atoms with van der Waals surface area (Å²) in [6, 6.07) is 12.1. The second-order valence-electron chi connectivity index (χ2n) is 3.80. The van der Waals surface area contributed by atoms with Gasteiger partial charge in [0, 0.05) is 11.6 Å². The normalized spacial score (nSPS) is 9.74. The first-order valence-electron chi connectivity index (χ1n) is 5.67. The van der Waals surface area contributed by atoms with Crippen LogP contribution in [0.25, 0.3) is 0 Å². The van der Waals surface area contributed by atoms with Gasteiger partial charge >= 0.3 is 11.9 Å². The smallest absolute Gasteiger partial charge is 0.344 e. The van der Waals surface area contributed by atoms with Crippen LogP contribution in [0, 0.1) is 0 Å². The van der Waals surface area contributed by atoms with Crippen LogP contribution in [0.15, 0.2) is 54.9 Å². The van der Waals surface area contributed by atoms with Crippen LogP contribution in [0.4, 0.5) is 0 Å². The first-order chi connectivity index (χ1) is 9.20. The molecule has 1 N–H and O–H groups in total. The van der Waals surface area contributed by atoms with Gasteiger partial charge in [0.05, 0.1) is 7.11 Å². The molecule has 0 spiro atoms. The van der Waals surface area contributed by atoms with Crippen LogP contribution in [0.5, 0.6) is 0 Å². The molecule has 0 bridgehead atoms. The zero-order valence-electron chi connectivity index (χ0n) is 10.4. The number of carbonyl (C=O) groups excluding carboxylic acids is 2. The number of benzene rings is 1. The Morgan fingerprint density at radius 1 is 1.05 bits per heavy atom. The zero-order valence-corrected chi connectivity index (χ0v) is 10.4. The minimum absolute atomic E-state index is 0.257. The average molecular weight is 257 g/mol. The summed E-state index contributed by atoms with van der Waals surface area (Å²) in [5, 5.41) is 0. The second-order valence-corrected chi connectivity index (χ2v) is 3.80. The van der Waals surface area contributed by atoms with Crippen LogP contribution in [-0.4, -0.2) is 19.0 Å². The number of esters is 1. The third kappa shape index (κ3) is 3.16. The van der Waals surface area contributed by atoms with Gasteiger partial charge < -0.3 is 4.74 Å². The van der Waals surface area contributed by atoms with Crippen molar-refractivity contribution in [2.75, 3.05) is 12.5 Å². The summed E-state index contributed by atoms with van der Waals surface area (Å²) >= 11 is 0. The average Bonchev–Trinajstić information content (AvgIpc) is 2.47. The Morgan fingerprint density at radius 3 is 2.42 bits per heavy atom. The lowest BCUT2D eigenvalue weighted by atomic mass is 10.2. The van der Waals surface area contributed by atoms with Gasteiger partial charge in [-0.25, -0.2) is 4.79 Å². The largest absolute Gasteiger partial charge is 0.465 e. The van der Waals surface area contributed by atoms with Crippen molar-refractivity contribution in [2.24, 2.45) is 0 Å². The van der Waals surface area contributed by atoms with Crippen molar-refractivity contribution in [1.29, 1.82) is 0 Å². The molecule has 0 unspecified atom stereocenters. The van der Waals surface area contributed by atoms with E-state index in [1.165, 1.54) is 18.0 Å². The number of hydrogen-bond donors (Lipinski definition) is 1. The Bertz CT molecular complexity index is 597. The fourth-order valence-corrected chi connectivity index (χ4v) is 1.55. The van der Waals surface area contributed by atoms with E-state index < -0.39 is 5.97 Å². The number of aromatic nitrogens is 1. The third-order valence-corrected chi connectivity index (χ3v) is 2.49. The molecule has 0 aliphatic carbocycles. The summed E-state index contributed by atoms with van der Waals surface area (Å²) < 4.78 is 6.03. The standard InChI is InChI=1S/C14H12N2O3/c1-19-14(18)12-8-5-9-16(10-12)15-13(17)11-6-3-2-4-7-11/h2-10H,1H3/p+1. The number of amides is 1. The van der Waals surface area contributed by atoms with Crippen molar-refractivity contribution in [3.05, 3.63) is 66.0 Å². The fourth-order valence-electron chi connectivity index (χ4n) is 1.55. The molecule has 1 heterocycles. The Balaban J connectivity index is 2.16. The fraction of sp³-hybridized carbons (Fsp3) is 0.0714. The van der Waals surface area contributed by atoms with E-state index >= 15 is 0 Å². The molecule has 2 aromatic rings. The molecule has 1 aromatic carbocycles. The SMILES string of the molecule is COC(=O)c1ccc[n+](NC(=O)c2ccccc2)c1. The van der Waals surface area contributed by atoms with Gasteiger partial charge in [-0.15, -0.1) is 5.43 Å². The van der Waals surface area contributed by atoms with Crippen LogP contribution < -0.4 is 10.1 Å². The number of pyridine rings is 1. The van der Waals surface area contributed by atoms with Crippen LogP contribution >= 0.6 is 0 Å². The lowest BCUT2D eigenvalue weighted by molar-refractivity contribution is -0.641. The van der Waals surface area contributed by atoms with E-state index in [1.807, 2.05) is 6.07 Å². The van der Waals surface area contributed by atoms with E-state index in [0.29, 0.717) is 11.1 Å². The molecule has 0 fully saturated rings. The quantitative estimate of drug-likeness (QED) is 0.662. The van der Waals surface area contributed by atoms with Crippen molar-refractivity contribution in [3.63, 3.8) is 0 Å². The summed E-state index contributed by atoms with van der Waals surface area (Å²) in [5.74, 6) is -0.712. The summed E-state index contributed by atoms with van der Waals surface area (Å²) in [5.41, 5.74) is 3.55. The van der Waals surface area contributed by atoms with Crippen molar-refractivity contribution < 1.29 is 19.0 Å². The number of nitrogens with one attached hydrogen (secondary N) is 1. The van der Waals surface area contributed by atoms with E-state index in [-0.39, 0.29) is 5.91 Å². The minimum Gasteiger partial charge on any atom is -0.465 e. The number of methoxy groups -OCH3 is 1. The first-order valence-corrected chi connectivity index (χ1v) is 5.67. The number of hydrogen-bond acceptors (Lipinski definition) is 3. The Morgan fingerprint density at radius 2 is 1.74 bits per heavy atom. The molecule has 5 heteroatoms. The summed E-state index contributed by atoms with van der Waals surface area (Å²) in [6.45, 7) is 0. The summed E-state index contributed by atoms with van der Waals surface area (Å²) in [6.07, 6.45) is 3.12. The monoisotopic (exact) mass is 257 g/mol. The topological polar surface area (TPSA) is 59.3 Å². The van der Waals surface area contributed by atoms with Gasteiger partial charge in [0.15, 0.2) is 6.20 Å². The number of rotatable bonds is 3. The van der Waals surface area contributed by atoms with E-state index in [0.717, 1.165) is 0 Å². The molecule has 96 valence electrons. The van der Waals surface area contributed by atoms with E-state index in [2.05, 4.69) is 10.2 Å².